The number of benzene rings is 2. The zero-order valence-electron chi connectivity index (χ0n) is 15.1. The minimum atomic E-state index is -0.375. The summed E-state index contributed by atoms with van der Waals surface area (Å²) in [7, 11) is 0. The van der Waals surface area contributed by atoms with Gasteiger partial charge in [0.2, 0.25) is 5.91 Å². The molecule has 0 atom stereocenters. The molecule has 1 aliphatic heterocycles. The Morgan fingerprint density at radius 2 is 1.71 bits per heavy atom. The molecule has 0 radical (unpaired) electrons. The number of hydrogen-bond donors (Lipinski definition) is 3. The van der Waals surface area contributed by atoms with E-state index < -0.39 is 0 Å². The highest BCUT2D eigenvalue weighted by atomic mass is 32.1. The molecule has 28 heavy (non-hydrogen) atoms. The van der Waals surface area contributed by atoms with Crippen LogP contribution in [0.25, 0.3) is 10.2 Å². The summed E-state index contributed by atoms with van der Waals surface area (Å²) in [6, 6.07) is 10.2. The van der Waals surface area contributed by atoms with Crippen LogP contribution < -0.4 is 25.4 Å². The largest absolute Gasteiger partial charge is 0.486 e. The van der Waals surface area contributed by atoms with Crippen LogP contribution in [0.1, 0.15) is 13.3 Å². The van der Waals surface area contributed by atoms with Gasteiger partial charge in [0.15, 0.2) is 16.6 Å². The first-order valence-corrected chi connectivity index (χ1v) is 9.60. The highest BCUT2D eigenvalue weighted by molar-refractivity contribution is 7.22. The Labute approximate surface area is 164 Å². The van der Waals surface area contributed by atoms with Crippen molar-refractivity contribution in [3.63, 3.8) is 0 Å². The molecular formula is C19H18N4O4S. The number of carbonyl (C=O) groups excluding carboxylic acids is 2. The van der Waals surface area contributed by atoms with Crippen LogP contribution in [0.4, 0.5) is 21.3 Å². The van der Waals surface area contributed by atoms with Gasteiger partial charge < -0.3 is 25.4 Å². The zero-order chi connectivity index (χ0) is 19.5. The van der Waals surface area contributed by atoms with Crippen LogP contribution in [-0.2, 0) is 4.79 Å². The second-order valence-electron chi connectivity index (χ2n) is 6.04. The van der Waals surface area contributed by atoms with E-state index in [0.717, 1.165) is 10.2 Å². The van der Waals surface area contributed by atoms with Crippen LogP contribution >= 0.6 is 11.3 Å². The number of urea groups is 1. The number of hydrogen-bond acceptors (Lipinski definition) is 6. The highest BCUT2D eigenvalue weighted by Crippen LogP contribution is 2.33. The maximum atomic E-state index is 12.3. The number of aromatic nitrogens is 1. The summed E-state index contributed by atoms with van der Waals surface area (Å²) in [4.78, 5) is 28.2. The first-order chi connectivity index (χ1) is 13.6. The van der Waals surface area contributed by atoms with Crippen LogP contribution in [0.15, 0.2) is 36.4 Å². The Balaban J connectivity index is 1.43. The van der Waals surface area contributed by atoms with Crippen molar-refractivity contribution in [3.8, 4) is 11.5 Å². The molecule has 3 amide bonds. The SMILES string of the molecule is CCC(=O)Nc1nc2ccc(NC(=O)Nc3ccc4c(c3)OCCO4)cc2s1. The van der Waals surface area contributed by atoms with Gasteiger partial charge in [-0.1, -0.05) is 18.3 Å². The molecule has 3 N–H and O–H groups in total. The molecule has 1 aromatic heterocycles. The first-order valence-electron chi connectivity index (χ1n) is 8.79. The summed E-state index contributed by atoms with van der Waals surface area (Å²) in [5.41, 5.74) is 1.99. The van der Waals surface area contributed by atoms with E-state index in [1.54, 1.807) is 37.3 Å². The third-order valence-corrected chi connectivity index (χ3v) is 4.95. The summed E-state index contributed by atoms with van der Waals surface area (Å²) in [6.45, 7) is 2.79. The average molecular weight is 398 g/mol. The molecule has 0 fully saturated rings. The summed E-state index contributed by atoms with van der Waals surface area (Å²) in [5.74, 6) is 1.19. The third-order valence-electron chi connectivity index (χ3n) is 4.01. The van der Waals surface area contributed by atoms with Gasteiger partial charge in [-0.25, -0.2) is 9.78 Å². The summed E-state index contributed by atoms with van der Waals surface area (Å²) in [5, 5.41) is 8.85. The molecule has 1 aliphatic rings. The van der Waals surface area contributed by atoms with E-state index in [2.05, 4.69) is 20.9 Å². The Morgan fingerprint density at radius 3 is 2.50 bits per heavy atom. The van der Waals surface area contributed by atoms with Crippen LogP contribution in [0, 0.1) is 0 Å². The van der Waals surface area contributed by atoms with Gasteiger partial charge in [-0.05, 0) is 30.3 Å². The van der Waals surface area contributed by atoms with Crippen molar-refractivity contribution in [1.29, 1.82) is 0 Å². The zero-order valence-corrected chi connectivity index (χ0v) is 15.9. The normalized spacial score (nSPS) is 12.5. The van der Waals surface area contributed by atoms with Crippen LogP contribution in [0.2, 0.25) is 0 Å². The Hall–Kier alpha value is -3.33. The van der Waals surface area contributed by atoms with E-state index in [1.807, 2.05) is 6.07 Å². The lowest BCUT2D eigenvalue weighted by molar-refractivity contribution is -0.115. The van der Waals surface area contributed by atoms with Crippen molar-refractivity contribution in [2.45, 2.75) is 13.3 Å². The molecule has 9 heteroatoms. The van der Waals surface area contributed by atoms with Gasteiger partial charge in [0, 0.05) is 23.9 Å². The van der Waals surface area contributed by atoms with Gasteiger partial charge in [-0.15, -0.1) is 0 Å². The molecular weight excluding hydrogens is 380 g/mol. The topological polar surface area (TPSA) is 102 Å². The quantitative estimate of drug-likeness (QED) is 0.615. The lowest BCUT2D eigenvalue weighted by Crippen LogP contribution is -2.20. The number of rotatable bonds is 4. The number of thiazole rings is 1. The van der Waals surface area contributed by atoms with Crippen molar-refractivity contribution >= 4 is 50.0 Å². The first kappa shape index (κ1) is 18.1. The van der Waals surface area contributed by atoms with E-state index in [-0.39, 0.29) is 11.9 Å². The monoisotopic (exact) mass is 398 g/mol. The number of anilines is 3. The Bertz CT molecular complexity index is 1050. The van der Waals surface area contributed by atoms with Crippen molar-refractivity contribution < 1.29 is 19.1 Å². The van der Waals surface area contributed by atoms with Crippen molar-refractivity contribution in [2.24, 2.45) is 0 Å². The van der Waals surface area contributed by atoms with Gasteiger partial charge in [0.25, 0.3) is 0 Å². The maximum absolute atomic E-state index is 12.3. The van der Waals surface area contributed by atoms with Crippen LogP contribution in [0.5, 0.6) is 11.5 Å². The lowest BCUT2D eigenvalue weighted by Gasteiger charge is -2.19. The number of amides is 3. The number of fused-ring (bicyclic) bond motifs is 2. The molecule has 0 spiro atoms. The van der Waals surface area contributed by atoms with Crippen LogP contribution in [0.3, 0.4) is 0 Å². The molecule has 0 saturated carbocycles. The van der Waals surface area contributed by atoms with Gasteiger partial charge in [0.1, 0.15) is 13.2 Å². The second kappa shape index (κ2) is 7.73. The molecule has 144 valence electrons. The highest BCUT2D eigenvalue weighted by Gasteiger charge is 2.13. The van der Waals surface area contributed by atoms with Crippen molar-refractivity contribution in [1.82, 2.24) is 4.98 Å². The summed E-state index contributed by atoms with van der Waals surface area (Å²) in [6.07, 6.45) is 0.392. The fourth-order valence-corrected chi connectivity index (χ4v) is 3.60. The standard InChI is InChI=1S/C19H18N4O4S/c1-2-17(24)23-19-22-13-5-3-12(10-16(13)28-19)21-18(25)20-11-4-6-14-15(9-11)27-8-7-26-14/h3-6,9-10H,2,7-8H2,1H3,(H2,20,21,25)(H,22,23,24). The van der Waals surface area contributed by atoms with Gasteiger partial charge in [0.05, 0.1) is 10.2 Å². The smallest absolute Gasteiger partial charge is 0.323 e. The summed E-state index contributed by atoms with van der Waals surface area (Å²) < 4.78 is 11.9. The van der Waals surface area contributed by atoms with Crippen molar-refractivity contribution in [3.05, 3.63) is 36.4 Å². The molecule has 2 aromatic carbocycles. The van der Waals surface area contributed by atoms with E-state index in [4.69, 9.17) is 9.47 Å². The van der Waals surface area contributed by atoms with E-state index in [0.29, 0.717) is 47.6 Å². The number of ether oxygens (including phenoxy) is 2. The van der Waals surface area contributed by atoms with Crippen LogP contribution in [-0.4, -0.2) is 30.1 Å². The van der Waals surface area contributed by atoms with E-state index >= 15 is 0 Å². The predicted molar refractivity (Wildman–Crippen MR) is 109 cm³/mol. The van der Waals surface area contributed by atoms with Crippen molar-refractivity contribution in [2.75, 3.05) is 29.2 Å². The van der Waals surface area contributed by atoms with Gasteiger partial charge in [-0.2, -0.15) is 0 Å². The third kappa shape index (κ3) is 3.99. The molecule has 0 aliphatic carbocycles. The molecule has 0 unspecified atom stereocenters. The van der Waals surface area contributed by atoms with Gasteiger partial charge in [-0.3, -0.25) is 4.79 Å². The minimum absolute atomic E-state index is 0.0868. The molecule has 0 saturated heterocycles. The van der Waals surface area contributed by atoms with E-state index in [9.17, 15) is 9.59 Å². The van der Waals surface area contributed by atoms with Gasteiger partial charge >= 0.3 is 6.03 Å². The molecule has 4 rings (SSSR count). The molecule has 0 bridgehead atoms. The lowest BCUT2D eigenvalue weighted by atomic mass is 10.2. The summed E-state index contributed by atoms with van der Waals surface area (Å²) >= 11 is 1.36. The molecule has 8 nitrogen and oxygen atoms in total. The number of nitrogens with zero attached hydrogens (tertiary/aromatic N) is 1. The second-order valence-corrected chi connectivity index (χ2v) is 7.07. The van der Waals surface area contributed by atoms with E-state index in [1.165, 1.54) is 11.3 Å². The fourth-order valence-electron chi connectivity index (χ4n) is 2.68. The Morgan fingerprint density at radius 1 is 1.00 bits per heavy atom. The Kier molecular flexibility index (Phi) is 4.98. The number of nitrogens with one attached hydrogen (secondary N) is 3. The minimum Gasteiger partial charge on any atom is -0.486 e. The molecule has 3 aromatic rings. The average Bonchev–Trinajstić information content (AvgIpc) is 3.09. The number of carbonyl (C=O) groups is 2. The maximum Gasteiger partial charge on any atom is 0.323 e. The fraction of sp³-hybridized carbons (Fsp3) is 0.211. The predicted octanol–water partition coefficient (Wildman–Crippen LogP) is 4.06. The molecule has 2 heterocycles.